The fraction of sp³-hybridized carbons (Fsp3) is 0.222. The monoisotopic (exact) mass is 399 g/mol. The lowest BCUT2D eigenvalue weighted by atomic mass is 10.1. The van der Waals surface area contributed by atoms with Crippen LogP contribution in [0.25, 0.3) is 0 Å². The predicted molar refractivity (Wildman–Crippen MR) is 93.6 cm³/mol. The van der Waals surface area contributed by atoms with E-state index in [0.717, 1.165) is 23.3 Å². The van der Waals surface area contributed by atoms with Crippen LogP contribution in [-0.2, 0) is 0 Å². The third kappa shape index (κ3) is 5.35. The molecule has 0 aliphatic carbocycles. The number of rotatable bonds is 5. The Kier molecular flexibility index (Phi) is 6.45. The second-order valence-electron chi connectivity index (χ2n) is 5.77. The average Bonchev–Trinajstić information content (AvgIpc) is 2.63. The number of carbonyl (C=O) groups excluding carboxylic acids is 2. The minimum Gasteiger partial charge on any atom is -0.428 e. The van der Waals surface area contributed by atoms with Crippen molar-refractivity contribution in [2.75, 3.05) is 5.32 Å². The lowest BCUT2D eigenvalue weighted by Gasteiger charge is -2.17. The lowest BCUT2D eigenvalue weighted by molar-refractivity contribution is -0.253. The molecule has 0 saturated heterocycles. The third-order valence-corrected chi connectivity index (χ3v) is 3.75. The molecular weight excluding hydrogens is 382 g/mol. The van der Waals surface area contributed by atoms with E-state index in [2.05, 4.69) is 20.9 Å². The molecule has 0 radical (unpaired) electrons. The largest absolute Gasteiger partial charge is 0.461 e. The molecule has 0 saturated carbocycles. The molecule has 10 heteroatoms. The Hall–Kier alpha value is -3.30. The number of alkyl halides is 4. The zero-order valence-corrected chi connectivity index (χ0v) is 14.9. The molecule has 0 fully saturated rings. The Labute approximate surface area is 157 Å². The van der Waals surface area contributed by atoms with Crippen LogP contribution >= 0.6 is 0 Å². The van der Waals surface area contributed by atoms with Crippen molar-refractivity contribution in [2.45, 2.75) is 26.4 Å². The van der Waals surface area contributed by atoms with Gasteiger partial charge in [0.25, 0.3) is 5.91 Å². The van der Waals surface area contributed by atoms with E-state index in [1.807, 2.05) is 19.9 Å². The zero-order valence-electron chi connectivity index (χ0n) is 14.9. The highest BCUT2D eigenvalue weighted by atomic mass is 19.3. The van der Waals surface area contributed by atoms with Gasteiger partial charge in [-0.05, 0) is 49.2 Å². The number of hydrogen-bond donors (Lipinski definition) is 3. The summed E-state index contributed by atoms with van der Waals surface area (Å²) in [5, 5.41) is 2.54. The summed E-state index contributed by atoms with van der Waals surface area (Å²) in [7, 11) is 0. The number of benzene rings is 2. The van der Waals surface area contributed by atoms with Crippen molar-refractivity contribution >= 4 is 17.6 Å². The fourth-order valence-corrected chi connectivity index (χ4v) is 2.13. The number of halogens is 4. The maximum atomic E-state index is 12.9. The first-order valence-electron chi connectivity index (χ1n) is 7.98. The molecule has 0 bridgehead atoms. The Morgan fingerprint density at radius 2 is 1.71 bits per heavy atom. The molecule has 2 rings (SSSR count). The highest BCUT2D eigenvalue weighted by Gasteiger charge is 2.44. The SMILES string of the molecule is Cc1cccc(NC(=O)NNC(=O)c2cccc(OC(F)(F)C(F)F)c2)c1C. The second-order valence-corrected chi connectivity index (χ2v) is 5.77. The van der Waals surface area contributed by atoms with E-state index >= 15 is 0 Å². The van der Waals surface area contributed by atoms with Crippen molar-refractivity contribution in [1.82, 2.24) is 10.9 Å². The number of amides is 3. The highest BCUT2D eigenvalue weighted by molar-refractivity contribution is 5.97. The van der Waals surface area contributed by atoms with Crippen LogP contribution in [-0.4, -0.2) is 24.5 Å². The molecule has 150 valence electrons. The minimum absolute atomic E-state index is 0.186. The van der Waals surface area contributed by atoms with Crippen molar-refractivity contribution in [1.29, 1.82) is 0 Å². The molecule has 2 aromatic carbocycles. The summed E-state index contributed by atoms with van der Waals surface area (Å²) in [6.07, 6.45) is -8.72. The molecule has 3 N–H and O–H groups in total. The first-order chi connectivity index (χ1) is 13.1. The quantitative estimate of drug-likeness (QED) is 0.525. The first-order valence-corrected chi connectivity index (χ1v) is 7.98. The maximum absolute atomic E-state index is 12.9. The van der Waals surface area contributed by atoms with Gasteiger partial charge >= 0.3 is 18.6 Å². The number of hydrazine groups is 1. The van der Waals surface area contributed by atoms with Crippen LogP contribution < -0.4 is 20.9 Å². The minimum atomic E-state index is -4.70. The number of carbonyl (C=O) groups is 2. The summed E-state index contributed by atoms with van der Waals surface area (Å²) in [6.45, 7) is 3.68. The molecule has 0 aliphatic rings. The normalized spacial score (nSPS) is 11.1. The van der Waals surface area contributed by atoms with Gasteiger partial charge < -0.3 is 10.1 Å². The van der Waals surface area contributed by atoms with Gasteiger partial charge in [-0.3, -0.25) is 10.2 Å². The van der Waals surface area contributed by atoms with Crippen LogP contribution in [0.5, 0.6) is 5.75 Å². The van der Waals surface area contributed by atoms with Crippen LogP contribution in [0.15, 0.2) is 42.5 Å². The molecule has 0 heterocycles. The summed E-state index contributed by atoms with van der Waals surface area (Å²) in [6, 6.07) is 8.79. The highest BCUT2D eigenvalue weighted by Crippen LogP contribution is 2.27. The van der Waals surface area contributed by atoms with Crippen molar-refractivity contribution in [2.24, 2.45) is 0 Å². The summed E-state index contributed by atoms with van der Waals surface area (Å²) in [5.41, 5.74) is 6.33. The molecule has 0 aromatic heterocycles. The standard InChI is InChI=1S/C18H17F4N3O3/c1-10-5-3-8-14(11(10)2)23-17(27)25-24-15(26)12-6-4-7-13(9-12)28-18(21,22)16(19)20/h3-9,16H,1-2H3,(H,24,26)(H2,23,25,27). The zero-order chi connectivity index (χ0) is 20.9. The van der Waals surface area contributed by atoms with E-state index in [9.17, 15) is 27.2 Å². The molecule has 28 heavy (non-hydrogen) atoms. The summed E-state index contributed by atoms with van der Waals surface area (Å²) < 4.78 is 54.2. The number of urea groups is 1. The smallest absolute Gasteiger partial charge is 0.428 e. The van der Waals surface area contributed by atoms with Crippen LogP contribution in [0.2, 0.25) is 0 Å². The number of nitrogens with one attached hydrogen (secondary N) is 3. The van der Waals surface area contributed by atoms with E-state index in [1.54, 1.807) is 12.1 Å². The van der Waals surface area contributed by atoms with Crippen molar-refractivity contribution in [3.63, 3.8) is 0 Å². The van der Waals surface area contributed by atoms with E-state index < -0.39 is 30.2 Å². The number of ether oxygens (including phenoxy) is 1. The van der Waals surface area contributed by atoms with Gasteiger partial charge in [0, 0.05) is 11.3 Å². The molecule has 6 nitrogen and oxygen atoms in total. The first kappa shape index (κ1) is 21.0. The Bertz CT molecular complexity index is 875. The van der Waals surface area contributed by atoms with Crippen molar-refractivity contribution in [3.05, 3.63) is 59.2 Å². The summed E-state index contributed by atoms with van der Waals surface area (Å²) >= 11 is 0. The van der Waals surface area contributed by atoms with Gasteiger partial charge in [-0.2, -0.15) is 17.6 Å². The maximum Gasteiger partial charge on any atom is 0.461 e. The lowest BCUT2D eigenvalue weighted by Crippen LogP contribution is -2.44. The van der Waals surface area contributed by atoms with Gasteiger partial charge in [-0.15, -0.1) is 0 Å². The molecular formula is C18H17F4N3O3. The number of hydrogen-bond acceptors (Lipinski definition) is 3. The van der Waals surface area contributed by atoms with Gasteiger partial charge in [0.2, 0.25) is 0 Å². The molecule has 2 aromatic rings. The van der Waals surface area contributed by atoms with Gasteiger partial charge in [0.1, 0.15) is 5.75 Å². The Morgan fingerprint density at radius 3 is 2.39 bits per heavy atom. The van der Waals surface area contributed by atoms with Gasteiger partial charge in [-0.25, -0.2) is 10.2 Å². The van der Waals surface area contributed by atoms with Crippen LogP contribution in [0.1, 0.15) is 21.5 Å². The van der Waals surface area contributed by atoms with Crippen LogP contribution in [0, 0.1) is 13.8 Å². The summed E-state index contributed by atoms with van der Waals surface area (Å²) in [5.74, 6) is -1.49. The predicted octanol–water partition coefficient (Wildman–Crippen LogP) is 4.01. The Morgan fingerprint density at radius 1 is 1.04 bits per heavy atom. The van der Waals surface area contributed by atoms with Gasteiger partial charge in [0.05, 0.1) is 0 Å². The van der Waals surface area contributed by atoms with Crippen LogP contribution in [0.3, 0.4) is 0 Å². The number of anilines is 1. The molecule has 0 atom stereocenters. The van der Waals surface area contributed by atoms with E-state index in [4.69, 9.17) is 0 Å². The third-order valence-electron chi connectivity index (χ3n) is 3.75. The molecule has 3 amide bonds. The van der Waals surface area contributed by atoms with E-state index in [1.165, 1.54) is 12.1 Å². The van der Waals surface area contributed by atoms with Crippen molar-refractivity contribution in [3.8, 4) is 5.75 Å². The van der Waals surface area contributed by atoms with Gasteiger partial charge in [0.15, 0.2) is 0 Å². The topological polar surface area (TPSA) is 79.5 Å². The number of aryl methyl sites for hydroxylation is 1. The van der Waals surface area contributed by atoms with E-state index in [-0.39, 0.29) is 5.56 Å². The van der Waals surface area contributed by atoms with Crippen LogP contribution in [0.4, 0.5) is 28.0 Å². The van der Waals surface area contributed by atoms with Crippen molar-refractivity contribution < 1.29 is 31.9 Å². The average molecular weight is 399 g/mol. The molecule has 0 aliphatic heterocycles. The molecule has 0 spiro atoms. The summed E-state index contributed by atoms with van der Waals surface area (Å²) in [4.78, 5) is 23.9. The van der Waals surface area contributed by atoms with E-state index in [0.29, 0.717) is 5.69 Å². The Balaban J connectivity index is 1.97. The second kappa shape index (κ2) is 8.59. The molecule has 0 unspecified atom stereocenters. The van der Waals surface area contributed by atoms with Gasteiger partial charge in [-0.1, -0.05) is 18.2 Å². The fourth-order valence-electron chi connectivity index (χ4n) is 2.13.